The number of nitrogens with zero attached hydrogens (tertiary/aromatic N) is 1. The number of rotatable bonds is 6. The molecule has 142 valence electrons. The highest BCUT2D eigenvalue weighted by atomic mass is 32.2. The van der Waals surface area contributed by atoms with Gasteiger partial charge in [0, 0.05) is 18.2 Å². The van der Waals surface area contributed by atoms with Gasteiger partial charge < -0.3 is 0 Å². The van der Waals surface area contributed by atoms with Gasteiger partial charge >= 0.3 is 0 Å². The first-order valence-corrected chi connectivity index (χ1v) is 11.1. The van der Waals surface area contributed by atoms with E-state index in [-0.39, 0.29) is 22.0 Å². The lowest BCUT2D eigenvalue weighted by Crippen LogP contribution is -2.56. The summed E-state index contributed by atoms with van der Waals surface area (Å²) in [6.07, 6.45) is 8.05. The van der Waals surface area contributed by atoms with Crippen molar-refractivity contribution >= 4 is 15.7 Å². The molecule has 1 N–H and O–H groups in total. The van der Waals surface area contributed by atoms with Crippen molar-refractivity contribution < 1.29 is 13.3 Å². The van der Waals surface area contributed by atoms with E-state index in [0.717, 1.165) is 49.5 Å². The van der Waals surface area contributed by atoms with Gasteiger partial charge in [-0.1, -0.05) is 13.0 Å². The van der Waals surface area contributed by atoms with E-state index in [0.29, 0.717) is 0 Å². The van der Waals surface area contributed by atoms with Crippen molar-refractivity contribution in [2.45, 2.75) is 62.8 Å². The van der Waals surface area contributed by atoms with Crippen LogP contribution < -0.4 is 4.72 Å². The molecular weight excluding hydrogens is 352 g/mol. The second-order valence-electron chi connectivity index (χ2n) is 8.62. The normalized spacial score (nSPS) is 34.0. The zero-order valence-electron chi connectivity index (χ0n) is 15.1. The fourth-order valence-electron chi connectivity index (χ4n) is 6.27. The smallest absolute Gasteiger partial charge is 0.258 e. The third kappa shape index (κ3) is 3.05. The number of hydrogen-bond acceptors (Lipinski definition) is 4. The number of benzene rings is 1. The van der Waals surface area contributed by atoms with E-state index in [4.69, 9.17) is 0 Å². The SMILES string of the molecule is CCC(NS(=O)(=O)c1cccc([N+](=O)[O-])c1)C12CC3CC(CC(C3)C1)C2. The lowest BCUT2D eigenvalue weighted by molar-refractivity contribution is -0.385. The molecule has 0 amide bonds. The van der Waals surface area contributed by atoms with Gasteiger partial charge in [0.05, 0.1) is 9.82 Å². The lowest BCUT2D eigenvalue weighted by Gasteiger charge is -2.59. The van der Waals surface area contributed by atoms with Crippen molar-refractivity contribution in [1.82, 2.24) is 4.72 Å². The Hall–Kier alpha value is -1.47. The molecule has 5 rings (SSSR count). The predicted molar refractivity (Wildman–Crippen MR) is 98.1 cm³/mol. The Morgan fingerprint density at radius 1 is 1.19 bits per heavy atom. The Bertz CT molecular complexity index is 785. The zero-order chi connectivity index (χ0) is 18.5. The molecule has 7 heteroatoms. The van der Waals surface area contributed by atoms with Gasteiger partial charge in [0.1, 0.15) is 0 Å². The third-order valence-corrected chi connectivity index (χ3v) is 8.34. The highest BCUT2D eigenvalue weighted by molar-refractivity contribution is 7.89. The molecule has 0 radical (unpaired) electrons. The highest BCUT2D eigenvalue weighted by Crippen LogP contribution is 2.61. The fraction of sp³-hybridized carbons (Fsp3) is 0.684. The van der Waals surface area contributed by atoms with Crippen LogP contribution in [0.15, 0.2) is 29.2 Å². The van der Waals surface area contributed by atoms with Crippen LogP contribution in [0.2, 0.25) is 0 Å². The van der Waals surface area contributed by atoms with Crippen LogP contribution in [0, 0.1) is 33.3 Å². The minimum atomic E-state index is -3.78. The summed E-state index contributed by atoms with van der Waals surface area (Å²) in [6, 6.07) is 5.23. The van der Waals surface area contributed by atoms with E-state index in [1.54, 1.807) is 0 Å². The average molecular weight is 378 g/mol. The summed E-state index contributed by atoms with van der Waals surface area (Å²) in [6.45, 7) is 2.04. The summed E-state index contributed by atoms with van der Waals surface area (Å²) < 4.78 is 28.8. The Morgan fingerprint density at radius 3 is 2.27 bits per heavy atom. The highest BCUT2D eigenvalue weighted by Gasteiger charge is 2.54. The number of nitrogens with one attached hydrogen (secondary N) is 1. The summed E-state index contributed by atoms with van der Waals surface area (Å²) in [5.41, 5.74) is -0.132. The van der Waals surface area contributed by atoms with Crippen molar-refractivity contribution in [3.05, 3.63) is 34.4 Å². The van der Waals surface area contributed by atoms with Crippen molar-refractivity contribution in [3.8, 4) is 0 Å². The molecule has 4 saturated carbocycles. The molecule has 0 heterocycles. The van der Waals surface area contributed by atoms with Crippen molar-refractivity contribution in [1.29, 1.82) is 0 Å². The Morgan fingerprint density at radius 2 is 1.77 bits per heavy atom. The molecule has 1 aromatic rings. The molecule has 4 bridgehead atoms. The van der Waals surface area contributed by atoms with E-state index in [2.05, 4.69) is 4.72 Å². The quantitative estimate of drug-likeness (QED) is 0.601. The van der Waals surface area contributed by atoms with Gasteiger partial charge in [-0.05, 0) is 74.2 Å². The largest absolute Gasteiger partial charge is 0.270 e. The van der Waals surface area contributed by atoms with Crippen LogP contribution in [-0.4, -0.2) is 19.4 Å². The van der Waals surface area contributed by atoms with Gasteiger partial charge in [-0.2, -0.15) is 0 Å². The summed E-state index contributed by atoms with van der Waals surface area (Å²) in [7, 11) is -3.78. The molecule has 4 aliphatic rings. The molecule has 1 atom stereocenters. The number of non-ortho nitro benzene ring substituents is 1. The lowest BCUT2D eigenvalue weighted by atomic mass is 9.47. The second-order valence-corrected chi connectivity index (χ2v) is 10.3. The predicted octanol–water partition coefficient (Wildman–Crippen LogP) is 3.87. The number of sulfonamides is 1. The fourth-order valence-corrected chi connectivity index (χ4v) is 7.73. The minimum Gasteiger partial charge on any atom is -0.258 e. The second kappa shape index (κ2) is 6.30. The van der Waals surface area contributed by atoms with Crippen LogP contribution in [0.25, 0.3) is 0 Å². The molecule has 0 spiro atoms. The maximum absolute atomic E-state index is 12.9. The molecule has 1 unspecified atom stereocenters. The maximum Gasteiger partial charge on any atom is 0.270 e. The number of hydrogen-bond donors (Lipinski definition) is 1. The Kier molecular flexibility index (Phi) is 4.34. The zero-order valence-corrected chi connectivity index (χ0v) is 15.9. The third-order valence-electron chi connectivity index (χ3n) is 6.87. The van der Waals surface area contributed by atoms with Crippen LogP contribution in [0.4, 0.5) is 5.69 Å². The minimum absolute atomic E-state index is 0.0186. The molecule has 0 aliphatic heterocycles. The molecule has 26 heavy (non-hydrogen) atoms. The van der Waals surface area contributed by atoms with E-state index >= 15 is 0 Å². The van der Waals surface area contributed by atoms with Crippen LogP contribution >= 0.6 is 0 Å². The van der Waals surface area contributed by atoms with E-state index < -0.39 is 14.9 Å². The monoisotopic (exact) mass is 378 g/mol. The van der Waals surface area contributed by atoms with Gasteiger partial charge in [-0.15, -0.1) is 0 Å². The van der Waals surface area contributed by atoms with Crippen molar-refractivity contribution in [3.63, 3.8) is 0 Å². The maximum atomic E-state index is 12.9. The molecular formula is C19H26N2O4S. The summed E-state index contributed by atoms with van der Waals surface area (Å²) in [5, 5.41) is 11.0. The molecule has 6 nitrogen and oxygen atoms in total. The Labute approximate surface area is 154 Å². The van der Waals surface area contributed by atoms with Crippen LogP contribution in [0.5, 0.6) is 0 Å². The van der Waals surface area contributed by atoms with Gasteiger partial charge in [0.15, 0.2) is 0 Å². The summed E-state index contributed by atoms with van der Waals surface area (Å²) >= 11 is 0. The van der Waals surface area contributed by atoms with E-state index in [1.807, 2.05) is 6.92 Å². The first-order valence-electron chi connectivity index (χ1n) is 9.58. The first kappa shape index (κ1) is 17.9. The van der Waals surface area contributed by atoms with Gasteiger partial charge in [0.25, 0.3) is 5.69 Å². The topological polar surface area (TPSA) is 89.3 Å². The van der Waals surface area contributed by atoms with Crippen molar-refractivity contribution in [2.24, 2.45) is 23.2 Å². The average Bonchev–Trinajstić information content (AvgIpc) is 2.58. The van der Waals surface area contributed by atoms with E-state index in [9.17, 15) is 18.5 Å². The summed E-state index contributed by atoms with van der Waals surface area (Å²) in [4.78, 5) is 10.4. The molecule has 0 aromatic heterocycles. The molecule has 4 aliphatic carbocycles. The van der Waals surface area contributed by atoms with Crippen LogP contribution in [-0.2, 0) is 10.0 Å². The van der Waals surface area contributed by atoms with Gasteiger partial charge in [0.2, 0.25) is 10.0 Å². The first-order chi connectivity index (χ1) is 12.3. The molecule has 0 saturated heterocycles. The van der Waals surface area contributed by atoms with Crippen molar-refractivity contribution in [2.75, 3.05) is 0 Å². The number of nitro groups is 1. The van der Waals surface area contributed by atoms with Crippen LogP contribution in [0.3, 0.4) is 0 Å². The standard InChI is InChI=1S/C19H26N2O4S/c1-2-18(19-10-13-6-14(11-19)8-15(7-13)12-19)20-26(24,25)17-5-3-4-16(9-17)21(22)23/h3-5,9,13-15,18,20H,2,6-8,10-12H2,1H3. The Balaban J connectivity index is 1.60. The molecule has 1 aromatic carbocycles. The number of nitro benzene ring substituents is 1. The van der Waals surface area contributed by atoms with Gasteiger partial charge in [-0.3, -0.25) is 10.1 Å². The van der Waals surface area contributed by atoms with Crippen LogP contribution in [0.1, 0.15) is 51.9 Å². The van der Waals surface area contributed by atoms with E-state index in [1.165, 1.54) is 37.5 Å². The van der Waals surface area contributed by atoms with Gasteiger partial charge in [-0.25, -0.2) is 13.1 Å². The molecule has 4 fully saturated rings. The summed E-state index contributed by atoms with van der Waals surface area (Å²) in [5.74, 6) is 2.24.